The zero-order valence-corrected chi connectivity index (χ0v) is 18.5. The summed E-state index contributed by atoms with van der Waals surface area (Å²) in [5, 5.41) is 6.41. The molecular weight excluding hydrogens is 368 g/mol. The van der Waals surface area contributed by atoms with Gasteiger partial charge in [0, 0.05) is 37.0 Å². The first-order valence-electron chi connectivity index (χ1n) is 10.1. The first-order valence-corrected chi connectivity index (χ1v) is 11.0. The second-order valence-electron chi connectivity index (χ2n) is 8.95. The van der Waals surface area contributed by atoms with E-state index in [4.69, 9.17) is 9.72 Å². The third-order valence-electron chi connectivity index (χ3n) is 5.50. The minimum absolute atomic E-state index is 0.0627. The van der Waals surface area contributed by atoms with Gasteiger partial charge in [0.25, 0.3) is 0 Å². The fourth-order valence-corrected chi connectivity index (χ4v) is 4.86. The highest BCUT2D eigenvalue weighted by molar-refractivity contribution is 7.09. The summed E-state index contributed by atoms with van der Waals surface area (Å²) in [7, 11) is 0. The van der Waals surface area contributed by atoms with Crippen LogP contribution in [0.15, 0.2) is 23.6 Å². The molecule has 2 aromatic rings. The van der Waals surface area contributed by atoms with E-state index in [1.165, 1.54) is 11.1 Å². The minimum Gasteiger partial charge on any atom is -0.381 e. The largest absolute Gasteiger partial charge is 0.381 e. The van der Waals surface area contributed by atoms with Crippen molar-refractivity contribution in [1.29, 1.82) is 0 Å². The van der Waals surface area contributed by atoms with Gasteiger partial charge in [-0.05, 0) is 32.3 Å². The highest BCUT2D eigenvalue weighted by atomic mass is 32.1. The number of nitrogens with one attached hydrogen (secondary N) is 1. The Kier molecular flexibility index (Phi) is 6.25. The number of hydrogen-bond donors (Lipinski definition) is 1. The second-order valence-corrected chi connectivity index (χ2v) is 9.90. The van der Waals surface area contributed by atoms with Crippen molar-refractivity contribution in [2.75, 3.05) is 19.8 Å². The van der Waals surface area contributed by atoms with Gasteiger partial charge in [0.2, 0.25) is 5.91 Å². The molecule has 152 valence electrons. The topological polar surface area (TPSA) is 51.2 Å². The molecule has 2 heterocycles. The Morgan fingerprint density at radius 2 is 1.82 bits per heavy atom. The van der Waals surface area contributed by atoms with Crippen LogP contribution >= 0.6 is 11.3 Å². The molecule has 1 aromatic carbocycles. The third-order valence-corrected chi connectivity index (χ3v) is 6.41. The fraction of sp³-hybridized carbons (Fsp3) is 0.565. The van der Waals surface area contributed by atoms with E-state index in [1.54, 1.807) is 11.3 Å². The Morgan fingerprint density at radius 1 is 1.18 bits per heavy atom. The molecule has 1 N–H and O–H groups in total. The average molecular weight is 401 g/mol. The molecule has 0 unspecified atom stereocenters. The van der Waals surface area contributed by atoms with Gasteiger partial charge in [0.15, 0.2) is 0 Å². The van der Waals surface area contributed by atoms with Crippen molar-refractivity contribution >= 4 is 17.2 Å². The molecule has 0 radical (unpaired) electrons. The maximum Gasteiger partial charge on any atom is 0.230 e. The number of benzene rings is 1. The molecule has 0 spiro atoms. The van der Waals surface area contributed by atoms with Crippen molar-refractivity contribution in [1.82, 2.24) is 10.3 Å². The van der Waals surface area contributed by atoms with E-state index in [2.05, 4.69) is 63.5 Å². The van der Waals surface area contributed by atoms with Gasteiger partial charge < -0.3 is 10.1 Å². The summed E-state index contributed by atoms with van der Waals surface area (Å²) in [6.07, 6.45) is 2.23. The summed E-state index contributed by atoms with van der Waals surface area (Å²) < 4.78 is 5.58. The molecule has 5 heteroatoms. The smallest absolute Gasteiger partial charge is 0.230 e. The summed E-state index contributed by atoms with van der Waals surface area (Å²) in [5.74, 6) is 0.119. The van der Waals surface area contributed by atoms with Crippen molar-refractivity contribution in [3.8, 4) is 0 Å². The van der Waals surface area contributed by atoms with E-state index in [-0.39, 0.29) is 11.3 Å². The van der Waals surface area contributed by atoms with E-state index in [1.807, 2.05) is 0 Å². The predicted molar refractivity (Wildman–Crippen MR) is 115 cm³/mol. The molecule has 1 aromatic heterocycles. The van der Waals surface area contributed by atoms with Crippen molar-refractivity contribution < 1.29 is 9.53 Å². The van der Waals surface area contributed by atoms with Gasteiger partial charge in [-0.3, -0.25) is 4.79 Å². The van der Waals surface area contributed by atoms with Gasteiger partial charge in [-0.15, -0.1) is 11.3 Å². The lowest BCUT2D eigenvalue weighted by Gasteiger charge is -2.36. The monoisotopic (exact) mass is 400 g/mol. The summed E-state index contributed by atoms with van der Waals surface area (Å²) in [6.45, 7) is 12.6. The molecule has 1 fully saturated rings. The molecule has 28 heavy (non-hydrogen) atoms. The number of ether oxygens (including phenoxy) is 1. The summed E-state index contributed by atoms with van der Waals surface area (Å²) >= 11 is 1.68. The molecule has 1 amide bonds. The van der Waals surface area contributed by atoms with Crippen molar-refractivity contribution in [2.45, 2.75) is 64.7 Å². The van der Waals surface area contributed by atoms with E-state index in [9.17, 15) is 4.79 Å². The number of amides is 1. The van der Waals surface area contributed by atoms with Crippen LogP contribution in [-0.2, 0) is 26.8 Å². The van der Waals surface area contributed by atoms with E-state index < -0.39 is 5.41 Å². The van der Waals surface area contributed by atoms with Crippen LogP contribution in [0.3, 0.4) is 0 Å². The van der Waals surface area contributed by atoms with Gasteiger partial charge >= 0.3 is 0 Å². The SMILES string of the molecule is Cc1cc(C)cc(C2(C(=O)NCCc3nc(C(C)(C)C)cs3)CCOCC2)c1. The maximum absolute atomic E-state index is 13.3. The zero-order valence-electron chi connectivity index (χ0n) is 17.7. The van der Waals surface area contributed by atoms with Crippen molar-refractivity contribution in [3.05, 3.63) is 51.0 Å². The van der Waals surface area contributed by atoms with Gasteiger partial charge in [0.05, 0.1) is 16.1 Å². The zero-order chi connectivity index (χ0) is 20.4. The van der Waals surface area contributed by atoms with Crippen LogP contribution in [0.4, 0.5) is 0 Å². The van der Waals surface area contributed by atoms with Gasteiger partial charge in [0.1, 0.15) is 0 Å². The van der Waals surface area contributed by atoms with Crippen LogP contribution in [-0.4, -0.2) is 30.6 Å². The van der Waals surface area contributed by atoms with E-state index >= 15 is 0 Å². The van der Waals surface area contributed by atoms with E-state index in [0.717, 1.165) is 35.5 Å². The first-order chi connectivity index (χ1) is 13.2. The van der Waals surface area contributed by atoms with Gasteiger partial charge in [-0.25, -0.2) is 4.98 Å². The Bertz CT molecular complexity index is 809. The lowest BCUT2D eigenvalue weighted by atomic mass is 9.72. The number of aromatic nitrogens is 1. The first kappa shape index (κ1) is 21.0. The maximum atomic E-state index is 13.3. The predicted octanol–water partition coefficient (Wildman–Crippen LogP) is 4.46. The Balaban J connectivity index is 1.71. The highest BCUT2D eigenvalue weighted by Crippen LogP contribution is 2.36. The van der Waals surface area contributed by atoms with Crippen LogP contribution in [0, 0.1) is 13.8 Å². The molecule has 0 atom stereocenters. The minimum atomic E-state index is -0.492. The lowest BCUT2D eigenvalue weighted by Crippen LogP contribution is -2.48. The van der Waals surface area contributed by atoms with Crippen LogP contribution in [0.1, 0.15) is 61.0 Å². The average Bonchev–Trinajstić information content (AvgIpc) is 3.11. The third kappa shape index (κ3) is 4.64. The van der Waals surface area contributed by atoms with Gasteiger partial charge in [-0.2, -0.15) is 0 Å². The van der Waals surface area contributed by atoms with Crippen LogP contribution in [0.25, 0.3) is 0 Å². The molecule has 0 aliphatic carbocycles. The summed E-state index contributed by atoms with van der Waals surface area (Å²) in [6, 6.07) is 6.48. The molecular formula is C23H32N2O2S. The summed E-state index contributed by atoms with van der Waals surface area (Å²) in [5.41, 5.74) is 4.21. The molecule has 0 saturated carbocycles. The van der Waals surface area contributed by atoms with E-state index in [0.29, 0.717) is 19.8 Å². The number of carbonyl (C=O) groups is 1. The quantitative estimate of drug-likeness (QED) is 0.806. The molecule has 4 nitrogen and oxygen atoms in total. The highest BCUT2D eigenvalue weighted by Gasteiger charge is 2.41. The second kappa shape index (κ2) is 8.34. The molecule has 1 aliphatic heterocycles. The molecule has 1 aliphatic rings. The number of thiazole rings is 1. The van der Waals surface area contributed by atoms with Crippen LogP contribution in [0.5, 0.6) is 0 Å². The molecule has 0 bridgehead atoms. The van der Waals surface area contributed by atoms with Crippen molar-refractivity contribution in [2.24, 2.45) is 0 Å². The standard InChI is InChI=1S/C23H32N2O2S/c1-16-12-17(2)14-18(13-16)23(7-10-27-11-8-23)21(26)24-9-6-20-25-19(15-28-20)22(3,4)5/h12-15H,6-11H2,1-5H3,(H,24,26). The number of aryl methyl sites for hydroxylation is 2. The van der Waals surface area contributed by atoms with Crippen LogP contribution < -0.4 is 5.32 Å². The Hall–Kier alpha value is -1.72. The number of nitrogens with zero attached hydrogens (tertiary/aromatic N) is 1. The summed E-state index contributed by atoms with van der Waals surface area (Å²) in [4.78, 5) is 18.1. The fourth-order valence-electron chi connectivity index (χ4n) is 3.84. The Labute approximate surface area is 172 Å². The number of carbonyl (C=O) groups excluding carboxylic acids is 1. The number of rotatable bonds is 5. The number of hydrogen-bond acceptors (Lipinski definition) is 4. The Morgan fingerprint density at radius 3 is 2.39 bits per heavy atom. The van der Waals surface area contributed by atoms with Gasteiger partial charge in [-0.1, -0.05) is 50.1 Å². The molecule has 3 rings (SSSR count). The van der Waals surface area contributed by atoms with Crippen LogP contribution in [0.2, 0.25) is 0 Å². The van der Waals surface area contributed by atoms with Crippen molar-refractivity contribution in [3.63, 3.8) is 0 Å². The molecule has 1 saturated heterocycles. The lowest BCUT2D eigenvalue weighted by molar-refractivity contribution is -0.130. The normalized spacial score (nSPS) is 16.8.